The van der Waals surface area contributed by atoms with Crippen molar-refractivity contribution in [2.75, 3.05) is 31.1 Å². The SMILES string of the molecule is C[C@@H](C(=O)N1CCN(c2nc3cccnc3n(Cc3ccccc3)c2=O)CC1)c1ccccc1. The fraction of sp³-hybridized carbons (Fsp3) is 0.259. The van der Waals surface area contributed by atoms with Crippen LogP contribution in [0.5, 0.6) is 0 Å². The number of amides is 1. The van der Waals surface area contributed by atoms with Gasteiger partial charge in [-0.25, -0.2) is 9.97 Å². The zero-order chi connectivity index (χ0) is 23.5. The Labute approximate surface area is 198 Å². The molecule has 1 saturated heterocycles. The Morgan fingerprint density at radius 3 is 2.29 bits per heavy atom. The molecule has 0 N–H and O–H groups in total. The molecule has 2 aromatic carbocycles. The summed E-state index contributed by atoms with van der Waals surface area (Å²) in [6.07, 6.45) is 1.68. The van der Waals surface area contributed by atoms with E-state index < -0.39 is 0 Å². The van der Waals surface area contributed by atoms with E-state index in [9.17, 15) is 9.59 Å². The number of pyridine rings is 1. The minimum absolute atomic E-state index is 0.114. The summed E-state index contributed by atoms with van der Waals surface area (Å²) in [4.78, 5) is 39.6. The predicted molar refractivity (Wildman–Crippen MR) is 133 cm³/mol. The van der Waals surface area contributed by atoms with Crippen molar-refractivity contribution in [3.05, 3.63) is 100 Å². The van der Waals surface area contributed by atoms with Gasteiger partial charge < -0.3 is 9.80 Å². The van der Waals surface area contributed by atoms with E-state index in [4.69, 9.17) is 0 Å². The number of hydrogen-bond donors (Lipinski definition) is 0. The Balaban J connectivity index is 1.38. The number of carbonyl (C=O) groups is 1. The molecule has 1 aliphatic heterocycles. The molecule has 0 spiro atoms. The van der Waals surface area contributed by atoms with Crippen LogP contribution in [-0.2, 0) is 11.3 Å². The number of rotatable bonds is 5. The van der Waals surface area contributed by atoms with E-state index >= 15 is 0 Å². The molecule has 0 unspecified atom stereocenters. The molecule has 2 aromatic heterocycles. The first-order valence-electron chi connectivity index (χ1n) is 11.6. The second kappa shape index (κ2) is 9.47. The molecule has 3 heterocycles. The van der Waals surface area contributed by atoms with Crippen molar-refractivity contribution >= 4 is 22.9 Å². The molecule has 5 rings (SSSR count). The lowest BCUT2D eigenvalue weighted by Gasteiger charge is -2.36. The lowest BCUT2D eigenvalue weighted by molar-refractivity contribution is -0.132. The monoisotopic (exact) mass is 453 g/mol. The summed E-state index contributed by atoms with van der Waals surface area (Å²) in [5.74, 6) is 0.336. The summed E-state index contributed by atoms with van der Waals surface area (Å²) < 4.78 is 1.70. The van der Waals surface area contributed by atoms with Gasteiger partial charge in [-0.3, -0.25) is 14.2 Å². The summed E-state index contributed by atoms with van der Waals surface area (Å²) in [5.41, 5.74) is 3.14. The van der Waals surface area contributed by atoms with Crippen LogP contribution >= 0.6 is 0 Å². The van der Waals surface area contributed by atoms with Crippen LogP contribution in [0.25, 0.3) is 11.2 Å². The fourth-order valence-electron chi connectivity index (χ4n) is 4.48. The van der Waals surface area contributed by atoms with Crippen LogP contribution < -0.4 is 10.5 Å². The Bertz CT molecular complexity index is 1350. The third kappa shape index (κ3) is 4.29. The van der Waals surface area contributed by atoms with Crippen LogP contribution in [0.3, 0.4) is 0 Å². The van der Waals surface area contributed by atoms with Crippen molar-refractivity contribution in [1.29, 1.82) is 0 Å². The van der Waals surface area contributed by atoms with E-state index in [1.807, 2.05) is 89.5 Å². The van der Waals surface area contributed by atoms with Gasteiger partial charge >= 0.3 is 0 Å². The molecular weight excluding hydrogens is 426 g/mol. The van der Waals surface area contributed by atoms with Gasteiger partial charge in [-0.1, -0.05) is 60.7 Å². The highest BCUT2D eigenvalue weighted by atomic mass is 16.2. The van der Waals surface area contributed by atoms with Gasteiger partial charge in [0.2, 0.25) is 5.91 Å². The third-order valence-electron chi connectivity index (χ3n) is 6.43. The van der Waals surface area contributed by atoms with Crippen LogP contribution in [0.15, 0.2) is 83.8 Å². The second-order valence-electron chi connectivity index (χ2n) is 8.60. The van der Waals surface area contributed by atoms with Crippen LogP contribution in [0, 0.1) is 0 Å². The number of nitrogens with zero attached hydrogens (tertiary/aromatic N) is 5. The van der Waals surface area contributed by atoms with Crippen molar-refractivity contribution < 1.29 is 4.79 Å². The average molecular weight is 454 g/mol. The van der Waals surface area contributed by atoms with Gasteiger partial charge in [-0.2, -0.15) is 0 Å². The van der Waals surface area contributed by atoms with Gasteiger partial charge in [-0.15, -0.1) is 0 Å². The molecule has 1 fully saturated rings. The summed E-state index contributed by atoms with van der Waals surface area (Å²) in [5, 5.41) is 0. The molecule has 1 amide bonds. The van der Waals surface area contributed by atoms with Crippen LogP contribution in [0.4, 0.5) is 5.82 Å². The third-order valence-corrected chi connectivity index (χ3v) is 6.43. The van der Waals surface area contributed by atoms with Crippen molar-refractivity contribution in [2.45, 2.75) is 19.4 Å². The Kier molecular flexibility index (Phi) is 6.08. The molecule has 172 valence electrons. The van der Waals surface area contributed by atoms with Crippen molar-refractivity contribution in [1.82, 2.24) is 19.4 Å². The van der Waals surface area contributed by atoms with Crippen molar-refractivity contribution in [3.63, 3.8) is 0 Å². The van der Waals surface area contributed by atoms with Gasteiger partial charge in [0.15, 0.2) is 11.5 Å². The van der Waals surface area contributed by atoms with E-state index in [0.717, 1.165) is 11.1 Å². The number of benzene rings is 2. The van der Waals surface area contributed by atoms with Gasteiger partial charge in [0.25, 0.3) is 5.56 Å². The summed E-state index contributed by atoms with van der Waals surface area (Å²) in [6.45, 7) is 4.61. The summed E-state index contributed by atoms with van der Waals surface area (Å²) in [6, 6.07) is 23.4. The normalized spacial score (nSPS) is 14.9. The van der Waals surface area contributed by atoms with Crippen LogP contribution in [0.2, 0.25) is 0 Å². The number of carbonyl (C=O) groups excluding carboxylic acids is 1. The fourth-order valence-corrected chi connectivity index (χ4v) is 4.48. The first-order valence-corrected chi connectivity index (χ1v) is 11.6. The zero-order valence-electron chi connectivity index (χ0n) is 19.2. The maximum absolute atomic E-state index is 13.5. The van der Waals surface area contributed by atoms with E-state index in [1.165, 1.54) is 0 Å². The Morgan fingerprint density at radius 2 is 1.59 bits per heavy atom. The molecule has 1 aliphatic rings. The number of hydrogen-bond acceptors (Lipinski definition) is 5. The Hall–Kier alpha value is -4.00. The molecule has 1 atom stereocenters. The van der Waals surface area contributed by atoms with E-state index in [2.05, 4.69) is 9.97 Å². The molecule has 0 radical (unpaired) electrons. The average Bonchev–Trinajstić information content (AvgIpc) is 2.90. The number of piperazine rings is 1. The molecule has 0 bridgehead atoms. The second-order valence-corrected chi connectivity index (χ2v) is 8.60. The topological polar surface area (TPSA) is 71.3 Å². The molecular formula is C27H27N5O2. The molecule has 0 aliphatic carbocycles. The standard InChI is InChI=1S/C27H27N5O2/c1-20(22-11-6-3-7-12-22)26(33)31-17-15-30(16-18-31)25-27(34)32(19-21-9-4-2-5-10-21)24-23(29-25)13-8-14-28-24/h2-14,20H,15-19H2,1H3/t20-/m1/s1. The van der Waals surface area contributed by atoms with Gasteiger partial charge in [0.05, 0.1) is 12.5 Å². The number of fused-ring (bicyclic) bond motifs is 1. The van der Waals surface area contributed by atoms with Gasteiger partial charge in [-0.05, 0) is 30.2 Å². The van der Waals surface area contributed by atoms with E-state index in [0.29, 0.717) is 49.7 Å². The summed E-state index contributed by atoms with van der Waals surface area (Å²) >= 11 is 0. The number of aromatic nitrogens is 3. The lowest BCUT2D eigenvalue weighted by atomic mass is 9.99. The van der Waals surface area contributed by atoms with Crippen molar-refractivity contribution in [2.24, 2.45) is 0 Å². The lowest BCUT2D eigenvalue weighted by Crippen LogP contribution is -2.51. The molecule has 4 aromatic rings. The maximum atomic E-state index is 13.5. The predicted octanol–water partition coefficient (Wildman–Crippen LogP) is 3.29. The first kappa shape index (κ1) is 21.8. The highest BCUT2D eigenvalue weighted by molar-refractivity contribution is 5.83. The zero-order valence-corrected chi connectivity index (χ0v) is 19.2. The minimum Gasteiger partial charge on any atom is -0.348 e. The highest BCUT2D eigenvalue weighted by Crippen LogP contribution is 2.20. The van der Waals surface area contributed by atoms with E-state index in [1.54, 1.807) is 10.8 Å². The molecule has 7 nitrogen and oxygen atoms in total. The molecule has 7 heteroatoms. The minimum atomic E-state index is -0.194. The number of anilines is 1. The van der Waals surface area contributed by atoms with Crippen LogP contribution in [0.1, 0.15) is 24.0 Å². The van der Waals surface area contributed by atoms with Crippen LogP contribution in [-0.4, -0.2) is 51.5 Å². The smallest absolute Gasteiger partial charge is 0.295 e. The van der Waals surface area contributed by atoms with Gasteiger partial charge in [0.1, 0.15) is 5.52 Å². The highest BCUT2D eigenvalue weighted by Gasteiger charge is 2.28. The molecule has 34 heavy (non-hydrogen) atoms. The summed E-state index contributed by atoms with van der Waals surface area (Å²) in [7, 11) is 0. The van der Waals surface area contributed by atoms with Crippen molar-refractivity contribution in [3.8, 4) is 0 Å². The molecule has 0 saturated carbocycles. The van der Waals surface area contributed by atoms with Gasteiger partial charge in [0, 0.05) is 32.4 Å². The quantitative estimate of drug-likeness (QED) is 0.464. The first-order chi connectivity index (χ1) is 16.6. The Morgan fingerprint density at radius 1 is 0.912 bits per heavy atom. The largest absolute Gasteiger partial charge is 0.348 e. The van der Waals surface area contributed by atoms with E-state index in [-0.39, 0.29) is 17.4 Å². The maximum Gasteiger partial charge on any atom is 0.295 e.